The van der Waals surface area contributed by atoms with Gasteiger partial charge in [0.1, 0.15) is 5.70 Å². The number of methoxy groups -OCH3 is 1. The molecule has 1 heterocycles. The fourth-order valence-corrected chi connectivity index (χ4v) is 4.82. The topological polar surface area (TPSA) is 42.0 Å². The van der Waals surface area contributed by atoms with Crippen molar-refractivity contribution in [2.45, 2.75) is 45.1 Å². The highest BCUT2D eigenvalue weighted by Crippen LogP contribution is 2.36. The summed E-state index contributed by atoms with van der Waals surface area (Å²) in [6.07, 6.45) is 7.51. The van der Waals surface area contributed by atoms with Crippen LogP contribution >= 0.6 is 34.8 Å². The standard InChI is InChI=1S/C20H25IN2O3S/c1-4-26-18-15(21)10-13(12-17(18)25-3)11-16-19(24)23(20(27)22(16)2)14-8-6-5-7-9-14/h10-12,14H,4-9H2,1-3H3/b16-11-. The molecule has 0 atom stereocenters. The molecule has 7 heteroatoms. The fourth-order valence-electron chi connectivity index (χ4n) is 3.70. The molecule has 1 amide bonds. The Bertz CT molecular complexity index is 775. The van der Waals surface area contributed by atoms with Gasteiger partial charge < -0.3 is 14.4 Å². The Balaban J connectivity index is 1.93. The summed E-state index contributed by atoms with van der Waals surface area (Å²) in [6.45, 7) is 2.51. The molecule has 3 rings (SSSR count). The minimum Gasteiger partial charge on any atom is -0.493 e. The molecule has 1 aliphatic carbocycles. The Morgan fingerprint density at radius 3 is 2.63 bits per heavy atom. The highest BCUT2D eigenvalue weighted by molar-refractivity contribution is 14.1. The smallest absolute Gasteiger partial charge is 0.277 e. The van der Waals surface area contributed by atoms with Gasteiger partial charge in [-0.2, -0.15) is 0 Å². The number of ether oxygens (including phenoxy) is 2. The van der Waals surface area contributed by atoms with Crippen LogP contribution in [0, 0.1) is 3.57 Å². The zero-order valence-electron chi connectivity index (χ0n) is 16.0. The number of likely N-dealkylation sites (N-methyl/N-ethyl adjacent to an activating group) is 1. The lowest BCUT2D eigenvalue weighted by Crippen LogP contribution is -2.41. The molecule has 5 nitrogen and oxygen atoms in total. The van der Waals surface area contributed by atoms with Crippen molar-refractivity contribution in [2.75, 3.05) is 20.8 Å². The quantitative estimate of drug-likeness (QED) is 0.340. The zero-order valence-corrected chi connectivity index (χ0v) is 18.9. The van der Waals surface area contributed by atoms with Gasteiger partial charge in [-0.15, -0.1) is 0 Å². The maximum Gasteiger partial charge on any atom is 0.277 e. The SMILES string of the molecule is CCOc1c(I)cc(/C=C2/C(=O)N(C3CCCCC3)C(=S)N2C)cc1OC. The van der Waals surface area contributed by atoms with Crippen molar-refractivity contribution in [2.24, 2.45) is 0 Å². The largest absolute Gasteiger partial charge is 0.493 e. The number of halogens is 1. The lowest BCUT2D eigenvalue weighted by atomic mass is 9.94. The van der Waals surface area contributed by atoms with E-state index in [1.165, 1.54) is 6.42 Å². The Morgan fingerprint density at radius 1 is 1.30 bits per heavy atom. The van der Waals surface area contributed by atoms with Crippen molar-refractivity contribution >= 4 is 51.9 Å². The lowest BCUT2D eigenvalue weighted by Gasteiger charge is -2.30. The van der Waals surface area contributed by atoms with Crippen LogP contribution in [0.2, 0.25) is 0 Å². The third kappa shape index (κ3) is 4.08. The van der Waals surface area contributed by atoms with E-state index in [0.717, 1.165) is 40.6 Å². The van der Waals surface area contributed by atoms with Gasteiger partial charge in [-0.25, -0.2) is 0 Å². The van der Waals surface area contributed by atoms with Gasteiger partial charge in [0.05, 0.1) is 17.3 Å². The van der Waals surface area contributed by atoms with Gasteiger partial charge in [0.25, 0.3) is 5.91 Å². The van der Waals surface area contributed by atoms with E-state index >= 15 is 0 Å². The van der Waals surface area contributed by atoms with Gasteiger partial charge in [0.2, 0.25) is 0 Å². The summed E-state index contributed by atoms with van der Waals surface area (Å²) in [7, 11) is 3.49. The second-order valence-electron chi connectivity index (χ2n) is 6.81. The third-order valence-electron chi connectivity index (χ3n) is 5.08. The van der Waals surface area contributed by atoms with E-state index in [1.54, 1.807) is 7.11 Å². The van der Waals surface area contributed by atoms with Crippen LogP contribution in [0.4, 0.5) is 0 Å². The summed E-state index contributed by atoms with van der Waals surface area (Å²) in [5.41, 5.74) is 1.50. The van der Waals surface area contributed by atoms with Gasteiger partial charge in [-0.05, 0) is 78.3 Å². The van der Waals surface area contributed by atoms with Crippen LogP contribution in [0.15, 0.2) is 17.8 Å². The number of hydrogen-bond acceptors (Lipinski definition) is 4. The van der Waals surface area contributed by atoms with Crippen molar-refractivity contribution in [1.29, 1.82) is 0 Å². The normalized spacial score (nSPS) is 19.9. The minimum absolute atomic E-state index is 0.00254. The second-order valence-corrected chi connectivity index (χ2v) is 8.33. The number of hydrogen-bond donors (Lipinski definition) is 0. The highest BCUT2D eigenvalue weighted by Gasteiger charge is 2.40. The van der Waals surface area contributed by atoms with E-state index in [4.69, 9.17) is 21.7 Å². The van der Waals surface area contributed by atoms with Gasteiger partial charge in [-0.1, -0.05) is 19.3 Å². The molecule has 27 heavy (non-hydrogen) atoms. The van der Waals surface area contributed by atoms with Crippen LogP contribution in [-0.2, 0) is 4.79 Å². The van der Waals surface area contributed by atoms with Crippen molar-refractivity contribution in [3.8, 4) is 11.5 Å². The summed E-state index contributed by atoms with van der Waals surface area (Å²) >= 11 is 7.82. The fraction of sp³-hybridized carbons (Fsp3) is 0.500. The number of amides is 1. The Labute approximate surface area is 179 Å². The van der Waals surface area contributed by atoms with Crippen LogP contribution < -0.4 is 9.47 Å². The van der Waals surface area contributed by atoms with Gasteiger partial charge >= 0.3 is 0 Å². The van der Waals surface area contributed by atoms with Crippen LogP contribution in [0.5, 0.6) is 11.5 Å². The predicted octanol–water partition coefficient (Wildman–Crippen LogP) is 4.43. The van der Waals surface area contributed by atoms with E-state index in [2.05, 4.69) is 22.6 Å². The molecule has 0 spiro atoms. The molecule has 2 aliphatic rings. The molecule has 1 aromatic rings. The second kappa shape index (κ2) is 8.77. The number of carbonyl (C=O) groups is 1. The number of benzene rings is 1. The summed E-state index contributed by atoms with van der Waals surface area (Å²) in [6, 6.07) is 4.12. The monoisotopic (exact) mass is 500 g/mol. The summed E-state index contributed by atoms with van der Waals surface area (Å²) in [5.74, 6) is 1.39. The molecule has 1 saturated heterocycles. The summed E-state index contributed by atoms with van der Waals surface area (Å²) < 4.78 is 12.1. The zero-order chi connectivity index (χ0) is 19.6. The number of nitrogens with zero attached hydrogens (tertiary/aromatic N) is 2. The molecular formula is C20H25IN2O3S. The van der Waals surface area contributed by atoms with Crippen LogP contribution in [0.1, 0.15) is 44.6 Å². The number of carbonyl (C=O) groups excluding carboxylic acids is 1. The molecule has 146 valence electrons. The summed E-state index contributed by atoms with van der Waals surface area (Å²) in [4.78, 5) is 16.7. The molecule has 0 unspecified atom stereocenters. The van der Waals surface area contributed by atoms with Crippen LogP contribution in [-0.4, -0.2) is 47.6 Å². The first kappa shape index (κ1) is 20.4. The third-order valence-corrected chi connectivity index (χ3v) is 6.35. The van der Waals surface area contributed by atoms with Crippen molar-refractivity contribution < 1.29 is 14.3 Å². The van der Waals surface area contributed by atoms with Crippen molar-refractivity contribution in [3.05, 3.63) is 27.0 Å². The lowest BCUT2D eigenvalue weighted by molar-refractivity contribution is -0.124. The van der Waals surface area contributed by atoms with E-state index in [-0.39, 0.29) is 11.9 Å². The molecule has 0 bridgehead atoms. The van der Waals surface area contributed by atoms with Crippen molar-refractivity contribution in [3.63, 3.8) is 0 Å². The molecule has 1 saturated carbocycles. The van der Waals surface area contributed by atoms with Crippen LogP contribution in [0.3, 0.4) is 0 Å². The molecular weight excluding hydrogens is 475 g/mol. The molecule has 1 aromatic carbocycles. The first-order chi connectivity index (χ1) is 13.0. The van der Waals surface area contributed by atoms with Gasteiger partial charge in [-0.3, -0.25) is 9.69 Å². The molecule has 1 aliphatic heterocycles. The Hall–Kier alpha value is -1.35. The summed E-state index contributed by atoms with van der Waals surface area (Å²) in [5, 5.41) is 0.603. The van der Waals surface area contributed by atoms with Gasteiger partial charge in [0, 0.05) is 13.1 Å². The van der Waals surface area contributed by atoms with E-state index in [1.807, 2.05) is 42.0 Å². The number of rotatable bonds is 5. The number of thiocarbonyl (C=S) groups is 1. The molecule has 0 N–H and O–H groups in total. The van der Waals surface area contributed by atoms with Crippen LogP contribution in [0.25, 0.3) is 6.08 Å². The van der Waals surface area contributed by atoms with E-state index < -0.39 is 0 Å². The average molecular weight is 500 g/mol. The minimum atomic E-state index is -0.00254. The van der Waals surface area contributed by atoms with E-state index in [0.29, 0.717) is 23.2 Å². The maximum absolute atomic E-state index is 13.1. The van der Waals surface area contributed by atoms with Gasteiger partial charge in [0.15, 0.2) is 16.6 Å². The average Bonchev–Trinajstić information content (AvgIpc) is 2.87. The Morgan fingerprint density at radius 2 is 2.00 bits per heavy atom. The molecule has 2 fully saturated rings. The first-order valence-corrected chi connectivity index (χ1v) is 10.8. The molecule has 0 aromatic heterocycles. The maximum atomic E-state index is 13.1. The van der Waals surface area contributed by atoms with Crippen molar-refractivity contribution in [1.82, 2.24) is 9.80 Å². The molecule has 0 radical (unpaired) electrons. The van der Waals surface area contributed by atoms with E-state index in [9.17, 15) is 4.79 Å². The first-order valence-electron chi connectivity index (χ1n) is 9.31. The highest BCUT2D eigenvalue weighted by atomic mass is 127. The Kier molecular flexibility index (Phi) is 6.62. The predicted molar refractivity (Wildman–Crippen MR) is 119 cm³/mol.